The normalized spacial score (nSPS) is 15.5. The van der Waals surface area contributed by atoms with E-state index in [0.717, 1.165) is 33.8 Å². The minimum atomic E-state index is -0.0439. The van der Waals surface area contributed by atoms with Gasteiger partial charge in [-0.3, -0.25) is 4.79 Å². The van der Waals surface area contributed by atoms with Crippen LogP contribution in [0.1, 0.15) is 22.7 Å². The number of nitrogens with zero attached hydrogens (tertiary/aromatic N) is 1. The van der Waals surface area contributed by atoms with E-state index in [4.69, 9.17) is 4.74 Å². The van der Waals surface area contributed by atoms with E-state index in [-0.39, 0.29) is 18.6 Å². The van der Waals surface area contributed by atoms with Crippen molar-refractivity contribution < 1.29 is 9.53 Å². The first-order chi connectivity index (χ1) is 13.6. The van der Waals surface area contributed by atoms with Gasteiger partial charge in [0, 0.05) is 0 Å². The number of hydrogen-bond acceptors (Lipinski definition) is 3. The highest BCUT2D eigenvalue weighted by Gasteiger charge is 2.29. The Hall–Kier alpha value is -3.27. The number of para-hydroxylation sites is 3. The molecule has 0 spiro atoms. The van der Waals surface area contributed by atoms with E-state index < -0.39 is 0 Å². The molecule has 0 bridgehead atoms. The number of hydrogen-bond donors (Lipinski definition) is 1. The summed E-state index contributed by atoms with van der Waals surface area (Å²) in [6.07, 6.45) is 0. The molecule has 3 aromatic carbocycles. The Bertz CT molecular complexity index is 965. The van der Waals surface area contributed by atoms with Crippen LogP contribution in [0.3, 0.4) is 0 Å². The summed E-state index contributed by atoms with van der Waals surface area (Å²) < 4.78 is 5.93. The maximum Gasteiger partial charge on any atom is 0.265 e. The summed E-state index contributed by atoms with van der Waals surface area (Å²) >= 11 is 0. The van der Waals surface area contributed by atoms with E-state index in [1.54, 1.807) is 0 Å². The maximum atomic E-state index is 13.1. The van der Waals surface area contributed by atoms with Gasteiger partial charge in [0.1, 0.15) is 5.75 Å². The Labute approximate surface area is 165 Å². The number of carbonyl (C=O) groups is 1. The van der Waals surface area contributed by atoms with Crippen LogP contribution in [0.5, 0.6) is 5.75 Å². The molecule has 1 aliphatic heterocycles. The van der Waals surface area contributed by atoms with Crippen molar-refractivity contribution >= 4 is 17.3 Å². The van der Waals surface area contributed by atoms with E-state index in [9.17, 15) is 4.79 Å². The number of ether oxygens (including phenoxy) is 1. The van der Waals surface area contributed by atoms with Gasteiger partial charge in [-0.05, 0) is 42.7 Å². The molecule has 0 saturated carbocycles. The number of benzene rings is 3. The standard InChI is InChI=1S/C24H24N2O2/c1-17-9-8-10-18(2)24(17)28-16-23(27)26-15-21(19-11-4-3-5-12-19)25-20-13-6-7-14-22(20)26/h3-14,21,25H,15-16H2,1-2H3. The van der Waals surface area contributed by atoms with Crippen molar-refractivity contribution in [3.63, 3.8) is 0 Å². The molecular weight excluding hydrogens is 348 g/mol. The largest absolute Gasteiger partial charge is 0.483 e. The summed E-state index contributed by atoms with van der Waals surface area (Å²) in [5.74, 6) is 0.747. The van der Waals surface area contributed by atoms with Crippen LogP contribution in [0.4, 0.5) is 11.4 Å². The zero-order valence-electron chi connectivity index (χ0n) is 16.2. The highest BCUT2D eigenvalue weighted by Crippen LogP contribution is 2.35. The van der Waals surface area contributed by atoms with Crippen molar-refractivity contribution in [3.05, 3.63) is 89.5 Å². The summed E-state index contributed by atoms with van der Waals surface area (Å²) in [6.45, 7) is 4.58. The molecule has 1 unspecified atom stereocenters. The minimum Gasteiger partial charge on any atom is -0.483 e. The van der Waals surface area contributed by atoms with E-state index in [1.807, 2.05) is 79.4 Å². The van der Waals surface area contributed by atoms with Crippen LogP contribution in [-0.4, -0.2) is 19.1 Å². The molecule has 0 radical (unpaired) electrons. The summed E-state index contributed by atoms with van der Waals surface area (Å²) in [4.78, 5) is 14.9. The lowest BCUT2D eigenvalue weighted by Crippen LogP contribution is -2.43. The average molecular weight is 372 g/mol. The molecule has 1 atom stereocenters. The average Bonchev–Trinajstić information content (AvgIpc) is 2.73. The van der Waals surface area contributed by atoms with Crippen LogP contribution < -0.4 is 15.0 Å². The molecule has 0 aliphatic carbocycles. The predicted octanol–water partition coefficient (Wildman–Crippen LogP) is 4.88. The van der Waals surface area contributed by atoms with E-state index in [2.05, 4.69) is 17.4 Å². The van der Waals surface area contributed by atoms with E-state index >= 15 is 0 Å². The number of amides is 1. The molecule has 4 heteroatoms. The Morgan fingerprint density at radius 2 is 1.64 bits per heavy atom. The van der Waals surface area contributed by atoms with Crippen molar-refractivity contribution in [2.24, 2.45) is 0 Å². The smallest absolute Gasteiger partial charge is 0.265 e. The highest BCUT2D eigenvalue weighted by molar-refractivity contribution is 5.98. The molecule has 4 rings (SSSR count). The fraction of sp³-hybridized carbons (Fsp3) is 0.208. The zero-order chi connectivity index (χ0) is 19.5. The third-order valence-corrected chi connectivity index (χ3v) is 5.14. The Balaban J connectivity index is 1.57. The van der Waals surface area contributed by atoms with Gasteiger partial charge in [0.2, 0.25) is 0 Å². The number of carbonyl (C=O) groups excluding carboxylic acids is 1. The van der Waals surface area contributed by atoms with Crippen LogP contribution in [0.2, 0.25) is 0 Å². The van der Waals surface area contributed by atoms with Crippen molar-refractivity contribution in [3.8, 4) is 5.75 Å². The van der Waals surface area contributed by atoms with Gasteiger partial charge in [0.05, 0.1) is 24.0 Å². The fourth-order valence-corrected chi connectivity index (χ4v) is 3.69. The van der Waals surface area contributed by atoms with Crippen LogP contribution in [0, 0.1) is 13.8 Å². The van der Waals surface area contributed by atoms with Gasteiger partial charge in [-0.2, -0.15) is 0 Å². The highest BCUT2D eigenvalue weighted by atomic mass is 16.5. The summed E-state index contributed by atoms with van der Waals surface area (Å²) in [7, 11) is 0. The Morgan fingerprint density at radius 1 is 0.964 bits per heavy atom. The molecule has 4 nitrogen and oxygen atoms in total. The molecule has 1 heterocycles. The van der Waals surface area contributed by atoms with E-state index in [1.165, 1.54) is 0 Å². The molecule has 28 heavy (non-hydrogen) atoms. The van der Waals surface area contributed by atoms with Crippen molar-refractivity contribution in [1.82, 2.24) is 0 Å². The predicted molar refractivity (Wildman–Crippen MR) is 113 cm³/mol. The van der Waals surface area contributed by atoms with Gasteiger partial charge in [0.15, 0.2) is 6.61 Å². The third-order valence-electron chi connectivity index (χ3n) is 5.14. The minimum absolute atomic E-state index is 0.0154. The first-order valence-electron chi connectivity index (χ1n) is 9.53. The lowest BCUT2D eigenvalue weighted by atomic mass is 10.0. The lowest BCUT2D eigenvalue weighted by Gasteiger charge is -2.36. The molecule has 1 N–H and O–H groups in total. The number of rotatable bonds is 4. The molecule has 142 valence electrons. The molecule has 0 fully saturated rings. The van der Waals surface area contributed by atoms with Crippen LogP contribution in [0.25, 0.3) is 0 Å². The number of aryl methyl sites for hydroxylation is 2. The van der Waals surface area contributed by atoms with Crippen LogP contribution in [0.15, 0.2) is 72.8 Å². The van der Waals surface area contributed by atoms with Gasteiger partial charge >= 0.3 is 0 Å². The number of fused-ring (bicyclic) bond motifs is 1. The molecule has 0 aromatic heterocycles. The third kappa shape index (κ3) is 3.58. The molecular formula is C24H24N2O2. The molecule has 3 aromatic rings. The van der Waals surface area contributed by atoms with Crippen LogP contribution >= 0.6 is 0 Å². The van der Waals surface area contributed by atoms with Gasteiger partial charge in [-0.15, -0.1) is 0 Å². The van der Waals surface area contributed by atoms with Gasteiger partial charge < -0.3 is 15.0 Å². The Morgan fingerprint density at radius 3 is 2.39 bits per heavy atom. The first-order valence-corrected chi connectivity index (χ1v) is 9.53. The first kappa shape index (κ1) is 18.1. The summed E-state index contributed by atoms with van der Waals surface area (Å²) in [5, 5.41) is 3.56. The quantitative estimate of drug-likeness (QED) is 0.709. The summed E-state index contributed by atoms with van der Waals surface area (Å²) in [6, 6.07) is 24.2. The maximum absolute atomic E-state index is 13.1. The van der Waals surface area contributed by atoms with Gasteiger partial charge in [-0.1, -0.05) is 60.7 Å². The van der Waals surface area contributed by atoms with Gasteiger partial charge in [0.25, 0.3) is 5.91 Å². The zero-order valence-corrected chi connectivity index (χ0v) is 16.2. The second-order valence-electron chi connectivity index (χ2n) is 7.14. The van der Waals surface area contributed by atoms with E-state index in [0.29, 0.717) is 6.54 Å². The lowest BCUT2D eigenvalue weighted by molar-refractivity contribution is -0.120. The molecule has 1 aliphatic rings. The van der Waals surface area contributed by atoms with Crippen molar-refractivity contribution in [1.29, 1.82) is 0 Å². The SMILES string of the molecule is Cc1cccc(C)c1OCC(=O)N1CC(c2ccccc2)Nc2ccccc21. The molecule has 1 amide bonds. The second-order valence-corrected chi connectivity index (χ2v) is 7.14. The van der Waals surface area contributed by atoms with Gasteiger partial charge in [-0.25, -0.2) is 0 Å². The fourth-order valence-electron chi connectivity index (χ4n) is 3.69. The van der Waals surface area contributed by atoms with Crippen molar-refractivity contribution in [2.45, 2.75) is 19.9 Å². The number of anilines is 2. The summed E-state index contributed by atoms with van der Waals surface area (Å²) in [5.41, 5.74) is 5.09. The van der Waals surface area contributed by atoms with Crippen LogP contribution in [-0.2, 0) is 4.79 Å². The Kier molecular flexibility index (Phi) is 5.02. The monoisotopic (exact) mass is 372 g/mol. The van der Waals surface area contributed by atoms with Crippen molar-refractivity contribution in [2.75, 3.05) is 23.4 Å². The second kappa shape index (κ2) is 7.77. The topological polar surface area (TPSA) is 41.6 Å². The number of nitrogens with one attached hydrogen (secondary N) is 1. The molecule has 0 saturated heterocycles.